The van der Waals surface area contributed by atoms with E-state index in [0.717, 1.165) is 37.8 Å². The van der Waals surface area contributed by atoms with Crippen LogP contribution in [0.15, 0.2) is 47.4 Å². The van der Waals surface area contributed by atoms with Gasteiger partial charge in [0.15, 0.2) is 11.5 Å². The molecule has 3 aliphatic rings. The summed E-state index contributed by atoms with van der Waals surface area (Å²) < 4.78 is 52.6. The number of nitrogens with zero attached hydrogens (tertiary/aromatic N) is 1. The number of amides is 1. The number of carbonyl (C=O) groups excluding carboxylic acids is 1. The van der Waals surface area contributed by atoms with Gasteiger partial charge in [0.1, 0.15) is 11.9 Å². The standard InChI is InChI=1S/C23H25FN2O5S/c24-16-6-9-18(10-7-16)32(28,29)26-14-4-5-19(26)22(27)25-17-8-11-20-21(15-17)31-23(30-20)12-2-1-3-13-23/h6-11,15,19H,1-5,12-14H2,(H,25,27)/t19-/m0/s1. The number of sulfonamides is 1. The molecule has 9 heteroatoms. The lowest BCUT2D eigenvalue weighted by Crippen LogP contribution is -2.43. The zero-order valence-corrected chi connectivity index (χ0v) is 18.4. The van der Waals surface area contributed by atoms with E-state index in [1.807, 2.05) is 0 Å². The second-order valence-corrected chi connectivity index (χ2v) is 10.4. The third-order valence-electron chi connectivity index (χ3n) is 6.35. The average molecular weight is 461 g/mol. The third kappa shape index (κ3) is 3.84. The molecule has 1 atom stereocenters. The van der Waals surface area contributed by atoms with Crippen LogP contribution in [0.4, 0.5) is 10.1 Å². The van der Waals surface area contributed by atoms with E-state index in [0.29, 0.717) is 30.0 Å². The Morgan fingerprint density at radius 2 is 1.72 bits per heavy atom. The molecule has 1 amide bonds. The van der Waals surface area contributed by atoms with E-state index in [9.17, 15) is 17.6 Å². The van der Waals surface area contributed by atoms with Crippen LogP contribution in [0.5, 0.6) is 11.5 Å². The fourth-order valence-corrected chi connectivity index (χ4v) is 6.38. The van der Waals surface area contributed by atoms with Crippen LogP contribution in [0.1, 0.15) is 44.9 Å². The quantitative estimate of drug-likeness (QED) is 0.744. The Hall–Kier alpha value is -2.65. The minimum Gasteiger partial charge on any atom is -0.448 e. The Labute approximate surface area is 186 Å². The van der Waals surface area contributed by atoms with Gasteiger partial charge in [-0.15, -0.1) is 0 Å². The maximum Gasteiger partial charge on any atom is 0.251 e. The van der Waals surface area contributed by atoms with Crippen molar-refractivity contribution >= 4 is 21.6 Å². The predicted octanol–water partition coefficient (Wildman–Crippen LogP) is 4.05. The molecule has 0 unspecified atom stereocenters. The van der Waals surface area contributed by atoms with Crippen LogP contribution >= 0.6 is 0 Å². The SMILES string of the molecule is O=C(Nc1ccc2c(c1)OC1(CCCCC1)O2)[C@@H]1CCCN1S(=O)(=O)c1ccc(F)cc1. The number of benzene rings is 2. The number of halogens is 1. The Morgan fingerprint density at radius 1 is 1.00 bits per heavy atom. The number of anilines is 1. The molecule has 2 heterocycles. The van der Waals surface area contributed by atoms with Gasteiger partial charge in [0.05, 0.1) is 4.90 Å². The number of carbonyl (C=O) groups is 1. The van der Waals surface area contributed by atoms with Gasteiger partial charge in [0.2, 0.25) is 15.9 Å². The van der Waals surface area contributed by atoms with Gasteiger partial charge in [-0.1, -0.05) is 6.42 Å². The molecule has 0 bridgehead atoms. The number of fused-ring (bicyclic) bond motifs is 1. The smallest absolute Gasteiger partial charge is 0.251 e. The summed E-state index contributed by atoms with van der Waals surface area (Å²) >= 11 is 0. The molecule has 1 saturated heterocycles. The molecule has 1 N–H and O–H groups in total. The van der Waals surface area contributed by atoms with Crippen molar-refractivity contribution in [2.75, 3.05) is 11.9 Å². The van der Waals surface area contributed by atoms with Gasteiger partial charge in [-0.05, 0) is 62.1 Å². The Balaban J connectivity index is 1.31. The summed E-state index contributed by atoms with van der Waals surface area (Å²) in [5, 5.41) is 2.83. The van der Waals surface area contributed by atoms with Crippen molar-refractivity contribution in [3.05, 3.63) is 48.3 Å². The van der Waals surface area contributed by atoms with Gasteiger partial charge in [-0.3, -0.25) is 4.79 Å². The number of hydrogen-bond donors (Lipinski definition) is 1. The number of ether oxygens (including phenoxy) is 2. The number of nitrogens with one attached hydrogen (secondary N) is 1. The molecule has 170 valence electrons. The highest BCUT2D eigenvalue weighted by molar-refractivity contribution is 7.89. The minimum atomic E-state index is -3.91. The van der Waals surface area contributed by atoms with Crippen LogP contribution in [0.25, 0.3) is 0 Å². The van der Waals surface area contributed by atoms with Crippen molar-refractivity contribution in [1.29, 1.82) is 0 Å². The second-order valence-electron chi connectivity index (χ2n) is 8.55. The van der Waals surface area contributed by atoms with Gasteiger partial charge >= 0.3 is 0 Å². The maximum absolute atomic E-state index is 13.2. The van der Waals surface area contributed by atoms with Crippen LogP contribution < -0.4 is 14.8 Å². The molecule has 2 aromatic rings. The van der Waals surface area contributed by atoms with Crippen LogP contribution in [0, 0.1) is 5.82 Å². The van der Waals surface area contributed by atoms with E-state index in [2.05, 4.69) is 5.32 Å². The van der Waals surface area contributed by atoms with Gasteiger partial charge in [-0.25, -0.2) is 12.8 Å². The van der Waals surface area contributed by atoms with Crippen molar-refractivity contribution < 1.29 is 27.1 Å². The summed E-state index contributed by atoms with van der Waals surface area (Å²) in [6.07, 6.45) is 5.94. The largest absolute Gasteiger partial charge is 0.448 e. The molecule has 2 aromatic carbocycles. The van der Waals surface area contributed by atoms with E-state index in [-0.39, 0.29) is 11.4 Å². The van der Waals surface area contributed by atoms with Gasteiger partial charge in [0, 0.05) is 31.1 Å². The molecule has 0 radical (unpaired) electrons. The Bertz CT molecular complexity index is 1130. The number of hydrogen-bond acceptors (Lipinski definition) is 5. The maximum atomic E-state index is 13.2. The lowest BCUT2D eigenvalue weighted by molar-refractivity contribution is -0.119. The highest BCUT2D eigenvalue weighted by atomic mass is 32.2. The highest BCUT2D eigenvalue weighted by Crippen LogP contribution is 2.46. The minimum absolute atomic E-state index is 0.0283. The molecule has 5 rings (SSSR count). The first-order chi connectivity index (χ1) is 15.4. The van der Waals surface area contributed by atoms with Crippen LogP contribution in [0.3, 0.4) is 0 Å². The molecule has 2 aliphatic heterocycles. The molecular formula is C23H25FN2O5S. The second kappa shape index (κ2) is 8.04. The first kappa shape index (κ1) is 21.2. The van der Waals surface area contributed by atoms with E-state index < -0.39 is 33.6 Å². The lowest BCUT2D eigenvalue weighted by Gasteiger charge is -2.31. The summed E-state index contributed by atoms with van der Waals surface area (Å²) in [7, 11) is -3.91. The van der Waals surface area contributed by atoms with Crippen LogP contribution in [0.2, 0.25) is 0 Å². The van der Waals surface area contributed by atoms with Gasteiger partial charge in [-0.2, -0.15) is 4.31 Å². The molecule has 0 aromatic heterocycles. The van der Waals surface area contributed by atoms with Crippen molar-refractivity contribution in [2.24, 2.45) is 0 Å². The first-order valence-corrected chi connectivity index (χ1v) is 12.4. The highest BCUT2D eigenvalue weighted by Gasteiger charge is 2.43. The van der Waals surface area contributed by atoms with Crippen molar-refractivity contribution in [3.8, 4) is 11.5 Å². The van der Waals surface area contributed by atoms with Crippen LogP contribution in [-0.4, -0.2) is 37.0 Å². The van der Waals surface area contributed by atoms with Crippen molar-refractivity contribution in [1.82, 2.24) is 4.31 Å². The monoisotopic (exact) mass is 460 g/mol. The third-order valence-corrected chi connectivity index (χ3v) is 8.27. The summed E-state index contributed by atoms with van der Waals surface area (Å²) in [4.78, 5) is 13.0. The normalized spacial score (nSPS) is 22.2. The molecule has 32 heavy (non-hydrogen) atoms. The molecule has 1 spiro atoms. The van der Waals surface area contributed by atoms with E-state index in [4.69, 9.17) is 9.47 Å². The summed E-state index contributed by atoms with van der Waals surface area (Å²) in [5.74, 6) is -0.274. The van der Waals surface area contributed by atoms with Crippen molar-refractivity contribution in [3.63, 3.8) is 0 Å². The summed E-state index contributed by atoms with van der Waals surface area (Å²) in [6.45, 7) is 0.238. The first-order valence-electron chi connectivity index (χ1n) is 11.0. The molecule has 1 aliphatic carbocycles. The Kier molecular flexibility index (Phi) is 5.33. The molecule has 7 nitrogen and oxygen atoms in total. The summed E-state index contributed by atoms with van der Waals surface area (Å²) in [5.41, 5.74) is 0.524. The Morgan fingerprint density at radius 3 is 2.47 bits per heavy atom. The predicted molar refractivity (Wildman–Crippen MR) is 115 cm³/mol. The van der Waals surface area contributed by atoms with Crippen LogP contribution in [-0.2, 0) is 14.8 Å². The fraction of sp³-hybridized carbons (Fsp3) is 0.435. The fourth-order valence-electron chi connectivity index (χ4n) is 4.72. The van der Waals surface area contributed by atoms with Crippen molar-refractivity contribution in [2.45, 2.75) is 61.7 Å². The zero-order chi connectivity index (χ0) is 22.3. The topological polar surface area (TPSA) is 84.9 Å². The average Bonchev–Trinajstić information content (AvgIpc) is 3.40. The van der Waals surface area contributed by atoms with E-state index in [1.54, 1.807) is 18.2 Å². The molecular weight excluding hydrogens is 435 g/mol. The summed E-state index contributed by atoms with van der Waals surface area (Å²) in [6, 6.07) is 9.04. The van der Waals surface area contributed by atoms with Gasteiger partial charge in [0.25, 0.3) is 5.79 Å². The zero-order valence-electron chi connectivity index (χ0n) is 17.6. The van der Waals surface area contributed by atoms with E-state index >= 15 is 0 Å². The van der Waals surface area contributed by atoms with Gasteiger partial charge < -0.3 is 14.8 Å². The molecule has 1 saturated carbocycles. The number of rotatable bonds is 4. The van der Waals surface area contributed by atoms with E-state index in [1.165, 1.54) is 22.9 Å². The molecule has 2 fully saturated rings. The lowest BCUT2D eigenvalue weighted by atomic mass is 9.94.